The number of hydrogen-bond acceptors (Lipinski definition) is 7. The van der Waals surface area contributed by atoms with Gasteiger partial charge in [0.2, 0.25) is 0 Å². The highest BCUT2D eigenvalue weighted by molar-refractivity contribution is 5.98. The molecule has 25 heavy (non-hydrogen) atoms. The number of alkyl halides is 1. The van der Waals surface area contributed by atoms with Crippen molar-refractivity contribution in [1.82, 2.24) is 29.7 Å². The Morgan fingerprint density at radius 3 is 2.88 bits per heavy atom. The number of hydrogen-bond donors (Lipinski definition) is 1. The lowest BCUT2D eigenvalue weighted by molar-refractivity contribution is -0.152. The predicted octanol–water partition coefficient (Wildman–Crippen LogP) is -0.625. The SMILES string of the molecule is CC(=O)OC1CCCC(NC(=O)c2ncn3c(=O)n(C)nnc23)C1F. The largest absolute Gasteiger partial charge is 0.459 e. The van der Waals surface area contributed by atoms with Crippen LogP contribution in [0.3, 0.4) is 0 Å². The van der Waals surface area contributed by atoms with Crippen molar-refractivity contribution in [3.05, 3.63) is 22.5 Å². The highest BCUT2D eigenvalue weighted by Gasteiger charge is 2.37. The maximum absolute atomic E-state index is 14.5. The molecular weight excluding hydrogens is 335 g/mol. The Morgan fingerprint density at radius 2 is 2.16 bits per heavy atom. The van der Waals surface area contributed by atoms with Gasteiger partial charge in [-0.2, -0.15) is 4.68 Å². The molecule has 0 saturated heterocycles. The Labute approximate surface area is 141 Å². The van der Waals surface area contributed by atoms with E-state index in [1.165, 1.54) is 14.0 Å². The first-order valence-corrected chi connectivity index (χ1v) is 7.77. The number of nitrogens with one attached hydrogen (secondary N) is 1. The van der Waals surface area contributed by atoms with Crippen molar-refractivity contribution in [2.45, 2.75) is 44.5 Å². The van der Waals surface area contributed by atoms with Crippen molar-refractivity contribution >= 4 is 17.5 Å². The van der Waals surface area contributed by atoms with Crippen LogP contribution >= 0.6 is 0 Å². The molecule has 2 aromatic heterocycles. The first-order chi connectivity index (χ1) is 11.9. The number of imidazole rings is 1. The average Bonchev–Trinajstić information content (AvgIpc) is 2.99. The molecule has 3 unspecified atom stereocenters. The number of carbonyl (C=O) groups excluding carboxylic acids is 2. The fraction of sp³-hybridized carbons (Fsp3) is 0.571. The standard InChI is InChI=1S/C14H17FN6O4/c1-7(22)25-9-5-3-4-8(10(9)15)17-13(23)11-12-18-19-20(2)14(24)21(12)6-16-11/h6,8-10H,3-5H2,1-2H3,(H,17,23). The lowest BCUT2D eigenvalue weighted by Crippen LogP contribution is -2.50. The number of aryl methyl sites for hydroxylation is 1. The van der Waals surface area contributed by atoms with Gasteiger partial charge in [0, 0.05) is 14.0 Å². The van der Waals surface area contributed by atoms with Gasteiger partial charge in [0.25, 0.3) is 5.91 Å². The van der Waals surface area contributed by atoms with Gasteiger partial charge >= 0.3 is 11.7 Å². The number of nitrogens with zero attached hydrogens (tertiary/aromatic N) is 5. The van der Waals surface area contributed by atoms with Crippen molar-refractivity contribution in [3.63, 3.8) is 0 Å². The molecule has 2 aromatic rings. The fourth-order valence-electron chi connectivity index (χ4n) is 2.88. The van der Waals surface area contributed by atoms with E-state index in [0.29, 0.717) is 19.3 Å². The fourth-order valence-corrected chi connectivity index (χ4v) is 2.88. The van der Waals surface area contributed by atoms with Crippen molar-refractivity contribution in [2.75, 3.05) is 0 Å². The number of aromatic nitrogens is 5. The minimum absolute atomic E-state index is 0.0108. The van der Waals surface area contributed by atoms with Gasteiger partial charge in [-0.15, -0.1) is 5.10 Å². The molecular formula is C14H17FN6O4. The monoisotopic (exact) mass is 352 g/mol. The Bertz CT molecular complexity index is 878. The first-order valence-electron chi connectivity index (χ1n) is 7.77. The highest BCUT2D eigenvalue weighted by Crippen LogP contribution is 2.25. The summed E-state index contributed by atoms with van der Waals surface area (Å²) in [6, 6.07) is -0.818. The van der Waals surface area contributed by atoms with Gasteiger partial charge in [0.05, 0.1) is 6.04 Å². The zero-order chi connectivity index (χ0) is 18.1. The van der Waals surface area contributed by atoms with Crippen LogP contribution in [-0.2, 0) is 16.6 Å². The van der Waals surface area contributed by atoms with Crippen LogP contribution in [0.4, 0.5) is 4.39 Å². The zero-order valence-electron chi connectivity index (χ0n) is 13.7. The van der Waals surface area contributed by atoms with Crippen LogP contribution in [0.2, 0.25) is 0 Å². The van der Waals surface area contributed by atoms with E-state index in [1.807, 2.05) is 0 Å². The van der Waals surface area contributed by atoms with Crippen LogP contribution in [0.15, 0.2) is 11.1 Å². The highest BCUT2D eigenvalue weighted by atomic mass is 19.1. The van der Waals surface area contributed by atoms with Crippen molar-refractivity contribution in [3.8, 4) is 0 Å². The summed E-state index contributed by atoms with van der Waals surface area (Å²) in [5, 5.41) is 9.93. The molecule has 2 heterocycles. The van der Waals surface area contributed by atoms with Gasteiger partial charge in [-0.1, -0.05) is 5.21 Å². The summed E-state index contributed by atoms with van der Waals surface area (Å²) in [4.78, 5) is 39.2. The molecule has 0 spiro atoms. The predicted molar refractivity (Wildman–Crippen MR) is 81.6 cm³/mol. The van der Waals surface area contributed by atoms with Gasteiger partial charge in [-0.25, -0.2) is 18.6 Å². The molecule has 0 radical (unpaired) electrons. The lowest BCUT2D eigenvalue weighted by Gasteiger charge is -2.32. The Hall–Kier alpha value is -2.85. The normalized spacial score (nSPS) is 23.4. The third kappa shape index (κ3) is 3.21. The van der Waals surface area contributed by atoms with E-state index in [4.69, 9.17) is 4.74 Å². The molecule has 1 amide bonds. The first kappa shape index (κ1) is 17.0. The number of fused-ring (bicyclic) bond motifs is 1. The molecule has 0 bridgehead atoms. The molecule has 1 fully saturated rings. The number of esters is 1. The second kappa shape index (κ2) is 6.57. The van der Waals surface area contributed by atoms with E-state index in [1.54, 1.807) is 0 Å². The molecule has 1 aliphatic rings. The lowest BCUT2D eigenvalue weighted by atomic mass is 9.91. The van der Waals surface area contributed by atoms with Crippen LogP contribution in [0.1, 0.15) is 36.7 Å². The molecule has 0 aromatic carbocycles. The van der Waals surface area contributed by atoms with E-state index < -0.39 is 35.9 Å². The molecule has 10 nitrogen and oxygen atoms in total. The van der Waals surface area contributed by atoms with E-state index in [-0.39, 0.29) is 11.3 Å². The Kier molecular flexibility index (Phi) is 4.47. The maximum atomic E-state index is 14.5. The van der Waals surface area contributed by atoms with Crippen LogP contribution in [0.25, 0.3) is 5.65 Å². The summed E-state index contributed by atoms with van der Waals surface area (Å²) < 4.78 is 21.5. The average molecular weight is 352 g/mol. The van der Waals surface area contributed by atoms with Crippen molar-refractivity contribution in [2.24, 2.45) is 7.05 Å². The number of amides is 1. The van der Waals surface area contributed by atoms with Gasteiger partial charge in [-0.05, 0) is 19.3 Å². The van der Waals surface area contributed by atoms with E-state index >= 15 is 0 Å². The zero-order valence-corrected chi connectivity index (χ0v) is 13.7. The van der Waals surface area contributed by atoms with Crippen LogP contribution in [0, 0.1) is 0 Å². The minimum Gasteiger partial charge on any atom is -0.459 e. The third-order valence-corrected chi connectivity index (χ3v) is 4.09. The summed E-state index contributed by atoms with van der Waals surface area (Å²) >= 11 is 0. The number of carbonyl (C=O) groups is 2. The number of ether oxygens (including phenoxy) is 1. The Balaban J connectivity index is 1.79. The van der Waals surface area contributed by atoms with E-state index in [0.717, 1.165) is 15.4 Å². The molecule has 1 saturated carbocycles. The minimum atomic E-state index is -1.52. The molecule has 1 N–H and O–H groups in total. The Morgan fingerprint density at radius 1 is 1.40 bits per heavy atom. The van der Waals surface area contributed by atoms with Gasteiger partial charge < -0.3 is 10.1 Å². The van der Waals surface area contributed by atoms with E-state index in [9.17, 15) is 18.8 Å². The summed E-state index contributed by atoms with van der Waals surface area (Å²) in [7, 11) is 1.42. The molecule has 134 valence electrons. The van der Waals surface area contributed by atoms with Crippen molar-refractivity contribution in [1.29, 1.82) is 0 Å². The van der Waals surface area contributed by atoms with Crippen molar-refractivity contribution < 1.29 is 18.7 Å². The quantitative estimate of drug-likeness (QED) is 0.731. The molecule has 11 heteroatoms. The smallest absolute Gasteiger partial charge is 0.352 e. The number of rotatable bonds is 3. The van der Waals surface area contributed by atoms with Crippen LogP contribution < -0.4 is 11.0 Å². The molecule has 3 rings (SSSR count). The van der Waals surface area contributed by atoms with Gasteiger partial charge in [-0.3, -0.25) is 9.59 Å². The van der Waals surface area contributed by atoms with E-state index in [2.05, 4.69) is 20.6 Å². The van der Waals surface area contributed by atoms with Gasteiger partial charge in [0.1, 0.15) is 12.4 Å². The number of halogens is 1. The summed E-state index contributed by atoms with van der Waals surface area (Å²) in [6.45, 7) is 1.21. The second-order valence-corrected chi connectivity index (χ2v) is 5.89. The molecule has 0 aliphatic heterocycles. The second-order valence-electron chi connectivity index (χ2n) is 5.89. The molecule has 3 atom stereocenters. The van der Waals surface area contributed by atoms with Crippen LogP contribution in [0.5, 0.6) is 0 Å². The summed E-state index contributed by atoms with van der Waals surface area (Å²) in [5.74, 6) is -1.23. The molecule has 1 aliphatic carbocycles. The maximum Gasteiger partial charge on any atom is 0.352 e. The summed E-state index contributed by atoms with van der Waals surface area (Å²) in [5.41, 5.74) is -0.636. The summed E-state index contributed by atoms with van der Waals surface area (Å²) in [6.07, 6.45) is 0.174. The topological polar surface area (TPSA) is 120 Å². The van der Waals surface area contributed by atoms with Gasteiger partial charge in [0.15, 0.2) is 17.5 Å². The third-order valence-electron chi connectivity index (χ3n) is 4.09. The van der Waals surface area contributed by atoms with Crippen LogP contribution in [-0.4, -0.2) is 54.6 Å².